The van der Waals surface area contributed by atoms with Gasteiger partial charge in [-0.2, -0.15) is 0 Å². The summed E-state index contributed by atoms with van der Waals surface area (Å²) >= 11 is 0. The molecule has 0 heterocycles. The first-order valence-electron chi connectivity index (χ1n) is 10.5. The Kier molecular flexibility index (Phi) is 10.5. The van der Waals surface area contributed by atoms with Crippen molar-refractivity contribution in [2.24, 2.45) is 29.6 Å². The Bertz CT molecular complexity index is 249. The Labute approximate surface area is 141 Å². The van der Waals surface area contributed by atoms with Crippen LogP contribution in [0.5, 0.6) is 0 Å². The molecule has 0 nitrogen and oxygen atoms in total. The van der Waals surface area contributed by atoms with Gasteiger partial charge in [-0.1, -0.05) is 86.0 Å². The topological polar surface area (TPSA) is 0 Å². The number of unbranched alkanes of at least 4 members (excludes halogenated alkanes) is 4. The SMILES string of the molecule is CCC(C)CC1CC(CCCCCCCC(C)CC(C)C)C1. The molecule has 0 aromatic carbocycles. The lowest BCUT2D eigenvalue weighted by Crippen LogP contribution is -2.25. The smallest absolute Gasteiger partial charge is 0.0406 e. The second-order valence-corrected chi connectivity index (χ2v) is 9.03. The van der Waals surface area contributed by atoms with Crippen molar-refractivity contribution >= 4 is 0 Å². The van der Waals surface area contributed by atoms with E-state index in [1.165, 1.54) is 64.2 Å². The summed E-state index contributed by atoms with van der Waals surface area (Å²) in [5, 5.41) is 0. The molecule has 0 heteroatoms. The van der Waals surface area contributed by atoms with E-state index in [1.807, 2.05) is 0 Å². The zero-order valence-electron chi connectivity index (χ0n) is 16.4. The molecular weight excluding hydrogens is 264 g/mol. The van der Waals surface area contributed by atoms with Crippen molar-refractivity contribution in [2.45, 2.75) is 112 Å². The number of rotatable bonds is 13. The van der Waals surface area contributed by atoms with Gasteiger partial charge in [-0.05, 0) is 55.3 Å². The van der Waals surface area contributed by atoms with Crippen molar-refractivity contribution in [3.05, 3.63) is 0 Å². The minimum Gasteiger partial charge on any atom is -0.0651 e. The van der Waals surface area contributed by atoms with E-state index in [9.17, 15) is 0 Å². The summed E-state index contributed by atoms with van der Waals surface area (Å²) in [5.74, 6) is 4.96. The highest BCUT2D eigenvalue weighted by Crippen LogP contribution is 2.41. The van der Waals surface area contributed by atoms with Gasteiger partial charge in [-0.15, -0.1) is 0 Å². The molecule has 1 saturated carbocycles. The van der Waals surface area contributed by atoms with Crippen molar-refractivity contribution in [3.63, 3.8) is 0 Å². The highest BCUT2D eigenvalue weighted by molar-refractivity contribution is 4.80. The van der Waals surface area contributed by atoms with Crippen LogP contribution in [0.25, 0.3) is 0 Å². The minimum atomic E-state index is 0.876. The molecule has 22 heavy (non-hydrogen) atoms. The molecular formula is C22H44. The van der Waals surface area contributed by atoms with Crippen LogP contribution >= 0.6 is 0 Å². The summed E-state index contributed by atoms with van der Waals surface area (Å²) in [6.45, 7) is 11.9. The van der Waals surface area contributed by atoms with Gasteiger partial charge >= 0.3 is 0 Å². The Hall–Kier alpha value is 0. The Balaban J connectivity index is 1.83. The van der Waals surface area contributed by atoms with Crippen LogP contribution in [0.4, 0.5) is 0 Å². The van der Waals surface area contributed by atoms with Crippen LogP contribution in [0, 0.1) is 29.6 Å². The predicted octanol–water partition coefficient (Wildman–Crippen LogP) is 7.86. The van der Waals surface area contributed by atoms with E-state index >= 15 is 0 Å². The molecule has 1 rings (SSSR count). The first-order chi connectivity index (χ1) is 10.5. The second-order valence-electron chi connectivity index (χ2n) is 9.03. The number of hydrogen-bond acceptors (Lipinski definition) is 0. The van der Waals surface area contributed by atoms with Gasteiger partial charge in [0.2, 0.25) is 0 Å². The lowest BCUT2D eigenvalue weighted by atomic mass is 9.69. The Morgan fingerprint density at radius 1 is 0.773 bits per heavy atom. The van der Waals surface area contributed by atoms with E-state index in [0.29, 0.717) is 0 Å². The predicted molar refractivity (Wildman–Crippen MR) is 101 cm³/mol. The van der Waals surface area contributed by atoms with Crippen molar-refractivity contribution in [1.29, 1.82) is 0 Å². The fraction of sp³-hybridized carbons (Fsp3) is 1.00. The van der Waals surface area contributed by atoms with Gasteiger partial charge in [0.05, 0.1) is 0 Å². The maximum Gasteiger partial charge on any atom is -0.0406 e. The normalized spacial score (nSPS) is 24.3. The summed E-state index contributed by atoms with van der Waals surface area (Å²) in [5.41, 5.74) is 0. The molecule has 0 aliphatic heterocycles. The maximum atomic E-state index is 2.44. The molecule has 2 unspecified atom stereocenters. The number of hydrogen-bond donors (Lipinski definition) is 0. The largest absolute Gasteiger partial charge is 0.0651 e. The van der Waals surface area contributed by atoms with Crippen LogP contribution in [-0.2, 0) is 0 Å². The van der Waals surface area contributed by atoms with E-state index in [0.717, 1.165) is 29.6 Å². The van der Waals surface area contributed by atoms with Crippen LogP contribution in [0.2, 0.25) is 0 Å². The van der Waals surface area contributed by atoms with E-state index in [-0.39, 0.29) is 0 Å². The van der Waals surface area contributed by atoms with Crippen molar-refractivity contribution in [1.82, 2.24) is 0 Å². The molecule has 1 fully saturated rings. The third kappa shape index (κ3) is 9.21. The zero-order valence-corrected chi connectivity index (χ0v) is 16.4. The molecule has 0 aromatic rings. The third-order valence-corrected chi connectivity index (χ3v) is 5.95. The van der Waals surface area contributed by atoms with E-state index < -0.39 is 0 Å². The van der Waals surface area contributed by atoms with Gasteiger partial charge in [0.15, 0.2) is 0 Å². The lowest BCUT2D eigenvalue weighted by Gasteiger charge is -2.37. The maximum absolute atomic E-state index is 2.44. The van der Waals surface area contributed by atoms with Crippen LogP contribution < -0.4 is 0 Å². The third-order valence-electron chi connectivity index (χ3n) is 5.95. The van der Waals surface area contributed by atoms with Crippen LogP contribution in [0.1, 0.15) is 112 Å². The molecule has 0 N–H and O–H groups in total. The van der Waals surface area contributed by atoms with Gasteiger partial charge in [0.25, 0.3) is 0 Å². The average Bonchev–Trinajstić information content (AvgIpc) is 2.41. The second kappa shape index (κ2) is 11.5. The van der Waals surface area contributed by atoms with Crippen molar-refractivity contribution < 1.29 is 0 Å². The summed E-state index contributed by atoms with van der Waals surface area (Å²) in [4.78, 5) is 0. The van der Waals surface area contributed by atoms with Gasteiger partial charge < -0.3 is 0 Å². The van der Waals surface area contributed by atoms with Crippen LogP contribution in [0.15, 0.2) is 0 Å². The van der Waals surface area contributed by atoms with E-state index in [2.05, 4.69) is 34.6 Å². The highest BCUT2D eigenvalue weighted by Gasteiger charge is 2.28. The Morgan fingerprint density at radius 3 is 2.05 bits per heavy atom. The molecule has 0 amide bonds. The minimum absolute atomic E-state index is 0.876. The van der Waals surface area contributed by atoms with Gasteiger partial charge in [-0.3, -0.25) is 0 Å². The molecule has 2 atom stereocenters. The molecule has 1 aliphatic rings. The highest BCUT2D eigenvalue weighted by atomic mass is 14.3. The molecule has 1 aliphatic carbocycles. The van der Waals surface area contributed by atoms with E-state index in [4.69, 9.17) is 0 Å². The monoisotopic (exact) mass is 308 g/mol. The Morgan fingerprint density at radius 2 is 1.41 bits per heavy atom. The summed E-state index contributed by atoms with van der Waals surface area (Å²) in [7, 11) is 0. The molecule has 0 aromatic heterocycles. The molecule has 0 spiro atoms. The molecule has 0 radical (unpaired) electrons. The summed E-state index contributed by atoms with van der Waals surface area (Å²) < 4.78 is 0. The lowest BCUT2D eigenvalue weighted by molar-refractivity contribution is 0.148. The van der Waals surface area contributed by atoms with Gasteiger partial charge in [0.1, 0.15) is 0 Å². The average molecular weight is 309 g/mol. The first kappa shape index (κ1) is 20.0. The summed E-state index contributed by atoms with van der Waals surface area (Å²) in [6.07, 6.45) is 17.8. The van der Waals surface area contributed by atoms with Crippen LogP contribution in [0.3, 0.4) is 0 Å². The standard InChI is InChI=1S/C22H44/c1-6-19(4)15-22-16-21(17-22)13-11-9-7-8-10-12-20(5)14-18(2)3/h18-22H,6-17H2,1-5H3. The van der Waals surface area contributed by atoms with E-state index in [1.54, 1.807) is 12.8 Å². The molecule has 0 bridgehead atoms. The van der Waals surface area contributed by atoms with Gasteiger partial charge in [-0.25, -0.2) is 0 Å². The quantitative estimate of drug-likeness (QED) is 0.304. The molecule has 0 saturated heterocycles. The fourth-order valence-electron chi connectivity index (χ4n) is 4.42. The van der Waals surface area contributed by atoms with Crippen LogP contribution in [-0.4, -0.2) is 0 Å². The molecule has 132 valence electrons. The van der Waals surface area contributed by atoms with Gasteiger partial charge in [0, 0.05) is 0 Å². The fourth-order valence-corrected chi connectivity index (χ4v) is 4.42. The van der Waals surface area contributed by atoms with Crippen molar-refractivity contribution in [3.8, 4) is 0 Å². The summed E-state index contributed by atoms with van der Waals surface area (Å²) in [6, 6.07) is 0. The first-order valence-corrected chi connectivity index (χ1v) is 10.5. The zero-order chi connectivity index (χ0) is 16.4. The van der Waals surface area contributed by atoms with Crippen molar-refractivity contribution in [2.75, 3.05) is 0 Å².